The predicted molar refractivity (Wildman–Crippen MR) is 65.0 cm³/mol. The Kier molecular flexibility index (Phi) is 2.10. The molecule has 0 aromatic carbocycles. The van der Waals surface area contributed by atoms with E-state index in [-0.39, 0.29) is 0 Å². The van der Waals surface area contributed by atoms with Crippen LogP contribution in [0, 0.1) is 5.92 Å². The van der Waals surface area contributed by atoms with Crippen molar-refractivity contribution in [3.05, 3.63) is 17.7 Å². The minimum Gasteiger partial charge on any atom is -0.334 e. The lowest BCUT2D eigenvalue weighted by molar-refractivity contribution is 0.389. The van der Waals surface area contributed by atoms with Crippen LogP contribution < -0.4 is 0 Å². The van der Waals surface area contributed by atoms with Crippen LogP contribution in [0.4, 0.5) is 0 Å². The lowest BCUT2D eigenvalue weighted by atomic mass is 9.96. The van der Waals surface area contributed by atoms with Crippen molar-refractivity contribution < 1.29 is 4.52 Å². The molecule has 5 nitrogen and oxygen atoms in total. The minimum atomic E-state index is 0.535. The van der Waals surface area contributed by atoms with Gasteiger partial charge in [0.2, 0.25) is 0 Å². The highest BCUT2D eigenvalue weighted by Gasteiger charge is 2.30. The van der Waals surface area contributed by atoms with Crippen molar-refractivity contribution in [2.45, 2.75) is 45.1 Å². The molecule has 1 fully saturated rings. The molecule has 1 aliphatic heterocycles. The number of hydrogen-bond acceptors (Lipinski definition) is 4. The Balaban J connectivity index is 1.72. The molecule has 18 heavy (non-hydrogen) atoms. The normalized spacial score (nSPS) is 23.1. The third kappa shape index (κ3) is 1.57. The molecule has 3 heterocycles. The number of rotatable bonds is 2. The van der Waals surface area contributed by atoms with Gasteiger partial charge in [-0.15, -0.1) is 0 Å². The zero-order chi connectivity index (χ0) is 12.1. The summed E-state index contributed by atoms with van der Waals surface area (Å²) in [5.41, 5.74) is 2.28. The maximum Gasteiger partial charge on any atom is 0.261 e. The van der Waals surface area contributed by atoms with E-state index in [1.807, 2.05) is 6.20 Å². The fourth-order valence-corrected chi connectivity index (χ4v) is 2.62. The standard InChI is InChI=1S/C13H16N4O/c1-8-4-5-17-11(6-8)10(7-14-17)13-15-12(16-18-13)9-2-3-9/h7-9H,2-6H2,1H3. The summed E-state index contributed by atoms with van der Waals surface area (Å²) in [4.78, 5) is 4.52. The van der Waals surface area contributed by atoms with E-state index in [0.717, 1.165) is 24.4 Å². The zero-order valence-electron chi connectivity index (χ0n) is 10.5. The maximum absolute atomic E-state index is 5.40. The predicted octanol–water partition coefficient (Wildman–Crippen LogP) is 2.39. The molecule has 2 aromatic heterocycles. The molecule has 2 aromatic rings. The highest BCUT2D eigenvalue weighted by Crippen LogP contribution is 2.39. The lowest BCUT2D eigenvalue weighted by Gasteiger charge is -2.19. The van der Waals surface area contributed by atoms with Gasteiger partial charge in [-0.3, -0.25) is 4.68 Å². The molecule has 0 amide bonds. The quantitative estimate of drug-likeness (QED) is 0.814. The van der Waals surface area contributed by atoms with Crippen molar-refractivity contribution >= 4 is 0 Å². The highest BCUT2D eigenvalue weighted by atomic mass is 16.5. The van der Waals surface area contributed by atoms with Crippen molar-refractivity contribution in [3.63, 3.8) is 0 Å². The lowest BCUT2D eigenvalue weighted by Crippen LogP contribution is -2.18. The second-order valence-electron chi connectivity index (χ2n) is 5.56. The number of aryl methyl sites for hydroxylation is 1. The first-order chi connectivity index (χ1) is 8.81. The molecule has 0 spiro atoms. The third-order valence-corrected chi connectivity index (χ3v) is 3.94. The van der Waals surface area contributed by atoms with Crippen molar-refractivity contribution in [1.29, 1.82) is 0 Å². The number of fused-ring (bicyclic) bond motifs is 1. The van der Waals surface area contributed by atoms with E-state index in [2.05, 4.69) is 26.8 Å². The van der Waals surface area contributed by atoms with E-state index in [1.54, 1.807) is 0 Å². The van der Waals surface area contributed by atoms with Crippen LogP contribution in [-0.2, 0) is 13.0 Å². The molecular formula is C13H16N4O. The Morgan fingerprint density at radius 1 is 1.33 bits per heavy atom. The van der Waals surface area contributed by atoms with Crippen LogP contribution in [0.15, 0.2) is 10.7 Å². The molecule has 1 saturated carbocycles. The van der Waals surface area contributed by atoms with E-state index in [4.69, 9.17) is 4.52 Å². The van der Waals surface area contributed by atoms with Crippen molar-refractivity contribution in [2.24, 2.45) is 5.92 Å². The van der Waals surface area contributed by atoms with E-state index in [0.29, 0.717) is 17.7 Å². The Hall–Kier alpha value is -1.65. The summed E-state index contributed by atoms with van der Waals surface area (Å²) >= 11 is 0. The second kappa shape index (κ2) is 3.67. The van der Waals surface area contributed by atoms with E-state index in [9.17, 15) is 0 Å². The molecule has 0 N–H and O–H groups in total. The fraction of sp³-hybridized carbons (Fsp3) is 0.615. The van der Waals surface area contributed by atoms with E-state index in [1.165, 1.54) is 25.0 Å². The van der Waals surface area contributed by atoms with Gasteiger partial charge < -0.3 is 4.52 Å². The molecule has 4 rings (SSSR count). The first kappa shape index (κ1) is 10.3. The summed E-state index contributed by atoms with van der Waals surface area (Å²) in [5.74, 6) is 2.76. The molecule has 2 aliphatic rings. The van der Waals surface area contributed by atoms with Gasteiger partial charge in [-0.1, -0.05) is 12.1 Å². The van der Waals surface area contributed by atoms with Crippen molar-refractivity contribution in [3.8, 4) is 11.5 Å². The Labute approximate surface area is 105 Å². The van der Waals surface area contributed by atoms with E-state index < -0.39 is 0 Å². The maximum atomic E-state index is 5.40. The largest absolute Gasteiger partial charge is 0.334 e. The first-order valence-electron chi connectivity index (χ1n) is 6.70. The van der Waals surface area contributed by atoms with Crippen LogP contribution >= 0.6 is 0 Å². The number of hydrogen-bond donors (Lipinski definition) is 0. The SMILES string of the molecule is CC1CCn2ncc(-c3nc(C4CC4)no3)c2C1. The van der Waals surface area contributed by atoms with Crippen molar-refractivity contribution in [1.82, 2.24) is 19.9 Å². The molecular weight excluding hydrogens is 228 g/mol. The summed E-state index contributed by atoms with van der Waals surface area (Å²) in [6.07, 6.45) is 6.52. The summed E-state index contributed by atoms with van der Waals surface area (Å²) in [5, 5.41) is 8.51. The van der Waals surface area contributed by atoms with Crippen molar-refractivity contribution in [2.75, 3.05) is 0 Å². The first-order valence-corrected chi connectivity index (χ1v) is 6.70. The van der Waals surface area contributed by atoms with Gasteiger partial charge in [0.15, 0.2) is 5.82 Å². The van der Waals surface area contributed by atoms with Crippen LogP contribution in [-0.4, -0.2) is 19.9 Å². The molecule has 5 heteroatoms. The smallest absolute Gasteiger partial charge is 0.261 e. The Morgan fingerprint density at radius 3 is 3.06 bits per heavy atom. The fourth-order valence-electron chi connectivity index (χ4n) is 2.62. The average molecular weight is 244 g/mol. The van der Waals surface area contributed by atoms with Crippen LogP contribution in [0.3, 0.4) is 0 Å². The molecule has 1 atom stereocenters. The molecule has 0 radical (unpaired) electrons. The molecule has 1 aliphatic carbocycles. The van der Waals surface area contributed by atoms with Gasteiger partial charge in [0, 0.05) is 12.5 Å². The van der Waals surface area contributed by atoms with Gasteiger partial charge in [-0.2, -0.15) is 10.1 Å². The molecule has 0 bridgehead atoms. The van der Waals surface area contributed by atoms with Crippen LogP contribution in [0.5, 0.6) is 0 Å². The topological polar surface area (TPSA) is 56.7 Å². The van der Waals surface area contributed by atoms with E-state index >= 15 is 0 Å². The molecule has 94 valence electrons. The summed E-state index contributed by atoms with van der Waals surface area (Å²) in [6, 6.07) is 0. The summed E-state index contributed by atoms with van der Waals surface area (Å²) < 4.78 is 7.48. The summed E-state index contributed by atoms with van der Waals surface area (Å²) in [6.45, 7) is 3.28. The highest BCUT2D eigenvalue weighted by molar-refractivity contribution is 5.55. The van der Waals surface area contributed by atoms with Gasteiger partial charge >= 0.3 is 0 Å². The average Bonchev–Trinajstić information content (AvgIpc) is 2.96. The third-order valence-electron chi connectivity index (χ3n) is 3.94. The monoisotopic (exact) mass is 244 g/mol. The number of aromatic nitrogens is 4. The molecule has 1 unspecified atom stereocenters. The Bertz CT molecular complexity index is 582. The van der Waals surface area contributed by atoms with Gasteiger partial charge in [0.25, 0.3) is 5.89 Å². The van der Waals surface area contributed by atoms with Crippen LogP contribution in [0.2, 0.25) is 0 Å². The Morgan fingerprint density at radius 2 is 2.22 bits per heavy atom. The van der Waals surface area contributed by atoms with Crippen LogP contribution in [0.1, 0.15) is 43.6 Å². The van der Waals surface area contributed by atoms with Gasteiger partial charge in [-0.25, -0.2) is 0 Å². The van der Waals surface area contributed by atoms with Gasteiger partial charge in [0.05, 0.1) is 17.5 Å². The molecule has 0 saturated heterocycles. The summed E-state index contributed by atoms with van der Waals surface area (Å²) in [7, 11) is 0. The zero-order valence-corrected chi connectivity index (χ0v) is 10.5. The minimum absolute atomic E-state index is 0.535. The second-order valence-corrected chi connectivity index (χ2v) is 5.56. The van der Waals surface area contributed by atoms with Gasteiger partial charge in [0.1, 0.15) is 0 Å². The van der Waals surface area contributed by atoms with Crippen LogP contribution in [0.25, 0.3) is 11.5 Å². The van der Waals surface area contributed by atoms with Gasteiger partial charge in [-0.05, 0) is 31.6 Å². The number of nitrogens with zero attached hydrogens (tertiary/aromatic N) is 4.